The summed E-state index contributed by atoms with van der Waals surface area (Å²) in [5, 5.41) is 3.59. The number of para-hydroxylation sites is 1. The van der Waals surface area contributed by atoms with E-state index in [0.29, 0.717) is 0 Å². The van der Waals surface area contributed by atoms with Crippen molar-refractivity contribution in [1.82, 2.24) is 4.90 Å². The SMILES string of the molecule is c1ccc2c(c1)CCN(CC1CNc3ccccc3C1)C2. The highest BCUT2D eigenvalue weighted by Gasteiger charge is 2.22. The molecule has 0 saturated carbocycles. The Morgan fingerprint density at radius 2 is 1.71 bits per heavy atom. The van der Waals surface area contributed by atoms with Crippen LogP contribution in [-0.2, 0) is 19.4 Å². The maximum Gasteiger partial charge on any atom is 0.0372 e. The highest BCUT2D eigenvalue weighted by molar-refractivity contribution is 5.53. The van der Waals surface area contributed by atoms with Crippen LogP contribution in [0.25, 0.3) is 0 Å². The molecule has 2 aliphatic rings. The van der Waals surface area contributed by atoms with Crippen molar-refractivity contribution < 1.29 is 0 Å². The molecule has 1 atom stereocenters. The number of nitrogens with one attached hydrogen (secondary N) is 1. The van der Waals surface area contributed by atoms with Gasteiger partial charge >= 0.3 is 0 Å². The second-order valence-corrected chi connectivity index (χ2v) is 6.36. The topological polar surface area (TPSA) is 15.3 Å². The quantitative estimate of drug-likeness (QED) is 0.906. The van der Waals surface area contributed by atoms with E-state index in [1.165, 1.54) is 42.7 Å². The standard InChI is InChI=1S/C19H22N2/c1-2-7-18-14-21(10-9-16(18)5-1)13-15-11-17-6-3-4-8-19(17)20-12-15/h1-8,15,20H,9-14H2. The Hall–Kier alpha value is -1.80. The average Bonchev–Trinajstić information content (AvgIpc) is 2.55. The highest BCUT2D eigenvalue weighted by atomic mass is 15.1. The van der Waals surface area contributed by atoms with E-state index in [9.17, 15) is 0 Å². The van der Waals surface area contributed by atoms with Crippen molar-refractivity contribution in [1.29, 1.82) is 0 Å². The lowest BCUT2D eigenvalue weighted by molar-refractivity contribution is 0.215. The van der Waals surface area contributed by atoms with Gasteiger partial charge in [-0.1, -0.05) is 42.5 Å². The molecule has 21 heavy (non-hydrogen) atoms. The number of hydrogen-bond donors (Lipinski definition) is 1. The first-order chi connectivity index (χ1) is 10.4. The predicted molar refractivity (Wildman–Crippen MR) is 87.5 cm³/mol. The van der Waals surface area contributed by atoms with E-state index in [0.717, 1.165) is 19.0 Å². The number of benzene rings is 2. The molecule has 1 unspecified atom stereocenters. The molecule has 0 spiro atoms. The molecule has 2 aliphatic heterocycles. The molecule has 0 aromatic heterocycles. The molecule has 108 valence electrons. The summed E-state index contributed by atoms with van der Waals surface area (Å²) in [6.45, 7) is 4.63. The van der Waals surface area contributed by atoms with Gasteiger partial charge in [0, 0.05) is 31.9 Å². The van der Waals surface area contributed by atoms with Gasteiger partial charge in [0.05, 0.1) is 0 Å². The lowest BCUT2D eigenvalue weighted by Gasteiger charge is -2.34. The van der Waals surface area contributed by atoms with Crippen LogP contribution in [0.1, 0.15) is 16.7 Å². The third-order valence-electron chi connectivity index (χ3n) is 4.83. The van der Waals surface area contributed by atoms with Gasteiger partial charge in [0.15, 0.2) is 0 Å². The Bertz CT molecular complexity index is 579. The number of nitrogens with zero attached hydrogens (tertiary/aromatic N) is 1. The van der Waals surface area contributed by atoms with Gasteiger partial charge in [-0.15, -0.1) is 0 Å². The van der Waals surface area contributed by atoms with Gasteiger partial charge in [0.1, 0.15) is 0 Å². The summed E-state index contributed by atoms with van der Waals surface area (Å²) < 4.78 is 0. The van der Waals surface area contributed by atoms with Crippen LogP contribution in [-0.4, -0.2) is 24.5 Å². The molecule has 0 aliphatic carbocycles. The van der Waals surface area contributed by atoms with Crippen molar-refractivity contribution in [3.63, 3.8) is 0 Å². The molecule has 1 N–H and O–H groups in total. The molecule has 0 bridgehead atoms. The fourth-order valence-electron chi connectivity index (χ4n) is 3.71. The summed E-state index contributed by atoms with van der Waals surface area (Å²) in [6, 6.07) is 17.6. The smallest absolute Gasteiger partial charge is 0.0372 e. The summed E-state index contributed by atoms with van der Waals surface area (Å²) in [5.74, 6) is 0.727. The second kappa shape index (κ2) is 5.53. The summed E-state index contributed by atoms with van der Waals surface area (Å²) in [6.07, 6.45) is 2.41. The zero-order valence-corrected chi connectivity index (χ0v) is 12.4. The third-order valence-corrected chi connectivity index (χ3v) is 4.83. The molecule has 2 heterocycles. The van der Waals surface area contributed by atoms with E-state index in [-0.39, 0.29) is 0 Å². The van der Waals surface area contributed by atoms with E-state index in [1.807, 2.05) is 0 Å². The summed E-state index contributed by atoms with van der Waals surface area (Å²) in [7, 11) is 0. The fourth-order valence-corrected chi connectivity index (χ4v) is 3.71. The normalized spacial score (nSPS) is 21.2. The molecule has 4 rings (SSSR count). The van der Waals surface area contributed by atoms with Crippen molar-refractivity contribution >= 4 is 5.69 Å². The van der Waals surface area contributed by atoms with E-state index < -0.39 is 0 Å². The monoisotopic (exact) mass is 278 g/mol. The maximum absolute atomic E-state index is 3.59. The molecule has 2 aromatic rings. The molecular weight excluding hydrogens is 256 g/mol. The summed E-state index contributed by atoms with van der Waals surface area (Å²) in [4.78, 5) is 2.63. The number of fused-ring (bicyclic) bond motifs is 2. The van der Waals surface area contributed by atoms with Gasteiger partial charge in [-0.2, -0.15) is 0 Å². The second-order valence-electron chi connectivity index (χ2n) is 6.36. The van der Waals surface area contributed by atoms with Crippen molar-refractivity contribution in [2.45, 2.75) is 19.4 Å². The summed E-state index contributed by atoms with van der Waals surface area (Å²) >= 11 is 0. The highest BCUT2D eigenvalue weighted by Crippen LogP contribution is 2.26. The van der Waals surface area contributed by atoms with E-state index in [1.54, 1.807) is 5.56 Å². The third kappa shape index (κ3) is 2.68. The summed E-state index contributed by atoms with van der Waals surface area (Å²) in [5.41, 5.74) is 5.87. The molecule has 0 fully saturated rings. The van der Waals surface area contributed by atoms with Crippen LogP contribution in [0.15, 0.2) is 48.5 Å². The largest absolute Gasteiger partial charge is 0.384 e. The average molecular weight is 278 g/mol. The van der Waals surface area contributed by atoms with E-state index in [2.05, 4.69) is 58.7 Å². The Balaban J connectivity index is 1.42. The zero-order valence-electron chi connectivity index (χ0n) is 12.4. The van der Waals surface area contributed by atoms with Crippen molar-refractivity contribution in [2.75, 3.05) is 25.0 Å². The lowest BCUT2D eigenvalue weighted by atomic mass is 9.92. The molecule has 0 amide bonds. The van der Waals surface area contributed by atoms with Crippen LogP contribution in [0, 0.1) is 5.92 Å². The number of anilines is 1. The molecular formula is C19H22N2. The Morgan fingerprint density at radius 1 is 0.952 bits per heavy atom. The van der Waals surface area contributed by atoms with E-state index >= 15 is 0 Å². The lowest BCUT2D eigenvalue weighted by Crippen LogP contribution is -2.38. The van der Waals surface area contributed by atoms with Gasteiger partial charge in [0.2, 0.25) is 0 Å². The van der Waals surface area contributed by atoms with Crippen LogP contribution in [0.5, 0.6) is 0 Å². The van der Waals surface area contributed by atoms with Crippen LogP contribution in [0.4, 0.5) is 5.69 Å². The zero-order chi connectivity index (χ0) is 14.1. The first kappa shape index (κ1) is 12.9. The van der Waals surface area contributed by atoms with E-state index in [4.69, 9.17) is 0 Å². The number of rotatable bonds is 2. The first-order valence-electron chi connectivity index (χ1n) is 7.99. The van der Waals surface area contributed by atoms with Gasteiger partial charge < -0.3 is 5.32 Å². The Labute approximate surface area is 126 Å². The van der Waals surface area contributed by atoms with Gasteiger partial charge in [0.25, 0.3) is 0 Å². The van der Waals surface area contributed by atoms with Crippen LogP contribution in [0.2, 0.25) is 0 Å². The Kier molecular flexibility index (Phi) is 3.40. The van der Waals surface area contributed by atoms with Gasteiger partial charge in [-0.25, -0.2) is 0 Å². The molecule has 0 saturated heterocycles. The molecule has 2 nitrogen and oxygen atoms in total. The Morgan fingerprint density at radius 3 is 2.62 bits per heavy atom. The molecule has 2 heteroatoms. The molecule has 2 aromatic carbocycles. The van der Waals surface area contributed by atoms with Crippen LogP contribution >= 0.6 is 0 Å². The fraction of sp³-hybridized carbons (Fsp3) is 0.368. The minimum absolute atomic E-state index is 0.727. The predicted octanol–water partition coefficient (Wildman–Crippen LogP) is 3.33. The van der Waals surface area contributed by atoms with Crippen molar-refractivity contribution in [3.05, 3.63) is 65.2 Å². The molecule has 0 radical (unpaired) electrons. The van der Waals surface area contributed by atoms with Crippen molar-refractivity contribution in [2.24, 2.45) is 5.92 Å². The minimum Gasteiger partial charge on any atom is -0.384 e. The first-order valence-corrected chi connectivity index (χ1v) is 7.99. The maximum atomic E-state index is 3.59. The number of hydrogen-bond acceptors (Lipinski definition) is 2. The van der Waals surface area contributed by atoms with Gasteiger partial charge in [-0.3, -0.25) is 4.90 Å². The minimum atomic E-state index is 0.727. The van der Waals surface area contributed by atoms with Gasteiger partial charge in [-0.05, 0) is 41.5 Å². The van der Waals surface area contributed by atoms with Crippen molar-refractivity contribution in [3.8, 4) is 0 Å². The van der Waals surface area contributed by atoms with Crippen LogP contribution < -0.4 is 5.32 Å². The van der Waals surface area contributed by atoms with Crippen LogP contribution in [0.3, 0.4) is 0 Å².